The number of hydrogen-bond acceptors (Lipinski definition) is 9. The number of hydrogen-bond donors (Lipinski definition) is 0. The molecular weight excluding hydrogens is 749 g/mol. The van der Waals surface area contributed by atoms with Crippen molar-refractivity contribution < 1.29 is 39.4 Å². The second-order valence-electron chi connectivity index (χ2n) is 15.9. The molecule has 0 bridgehead atoms. The monoisotopic (exact) mass is 829 g/mol. The normalized spacial score (nSPS) is 21.5. The van der Waals surface area contributed by atoms with E-state index in [2.05, 4.69) is 62.5 Å². The number of rotatable bonds is 36. The smallest absolute Gasteiger partial charge is 0.264 e. The minimum absolute atomic E-state index is 0.231. The molecule has 0 aliphatic carbocycles. The van der Waals surface area contributed by atoms with Gasteiger partial charge < -0.3 is 14.2 Å². The van der Waals surface area contributed by atoms with Crippen LogP contribution in [0.15, 0.2) is 48.6 Å². The molecule has 2 fully saturated rings. The lowest BCUT2D eigenvalue weighted by atomic mass is 9.98. The molecule has 0 spiro atoms. The van der Waals surface area contributed by atoms with E-state index in [0.717, 1.165) is 76.7 Å². The molecule has 56 heavy (non-hydrogen) atoms. The van der Waals surface area contributed by atoms with Crippen LogP contribution >= 0.6 is 0 Å². The molecule has 2 aliphatic rings. The lowest BCUT2D eigenvalue weighted by molar-refractivity contribution is -0.221. The fraction of sp³-hybridized carbons (Fsp3) is 0.822. The Labute approximate surface area is 343 Å². The van der Waals surface area contributed by atoms with Crippen LogP contribution in [0.1, 0.15) is 181 Å². The quantitative estimate of drug-likeness (QED) is 0.0346. The first-order valence-corrected chi connectivity index (χ1v) is 25.9. The third-order valence-corrected chi connectivity index (χ3v) is 11.6. The van der Waals surface area contributed by atoms with E-state index in [1.807, 2.05) is 0 Å². The molecule has 2 rings (SSSR count). The van der Waals surface area contributed by atoms with Crippen LogP contribution in [-0.2, 0) is 42.8 Å². The number of ether oxygens (including phenoxy) is 3. The van der Waals surface area contributed by atoms with Crippen LogP contribution in [0, 0.1) is 0 Å². The van der Waals surface area contributed by atoms with Crippen LogP contribution < -0.4 is 0 Å². The predicted octanol–water partition coefficient (Wildman–Crippen LogP) is 11.6. The maximum Gasteiger partial charge on any atom is 0.264 e. The summed E-state index contributed by atoms with van der Waals surface area (Å²) in [6, 6.07) is 0. The molecule has 4 atom stereocenters. The van der Waals surface area contributed by atoms with Crippen molar-refractivity contribution in [3.05, 3.63) is 48.6 Å². The SMILES string of the molecule is CCCCC/C=C\C/C=C\CCCCCCCCC1(CCCCCCCC/C=C\C/C=C\CCCCC)O[C@H]2[C@H](O1)[C@@H](COS(C)(=O)=O)O[C@H]2COS(C)(=O)=O. The average molecular weight is 829 g/mol. The molecular formula is C45H80O9S2. The van der Waals surface area contributed by atoms with E-state index in [0.29, 0.717) is 12.8 Å². The van der Waals surface area contributed by atoms with Crippen molar-refractivity contribution in [1.29, 1.82) is 0 Å². The molecule has 0 unspecified atom stereocenters. The van der Waals surface area contributed by atoms with E-state index in [9.17, 15) is 16.8 Å². The Morgan fingerprint density at radius 1 is 0.464 bits per heavy atom. The van der Waals surface area contributed by atoms with Gasteiger partial charge in [0.15, 0.2) is 5.79 Å². The molecule has 2 aliphatic heterocycles. The molecule has 326 valence electrons. The molecule has 2 saturated heterocycles. The summed E-state index contributed by atoms with van der Waals surface area (Å²) in [6.45, 7) is 4.01. The Bertz CT molecular complexity index is 1220. The van der Waals surface area contributed by atoms with Crippen LogP contribution in [-0.4, -0.2) is 72.8 Å². The van der Waals surface area contributed by atoms with Gasteiger partial charge in [0, 0.05) is 12.8 Å². The van der Waals surface area contributed by atoms with E-state index >= 15 is 0 Å². The maximum atomic E-state index is 11.8. The van der Waals surface area contributed by atoms with E-state index in [-0.39, 0.29) is 13.2 Å². The van der Waals surface area contributed by atoms with E-state index < -0.39 is 50.4 Å². The van der Waals surface area contributed by atoms with Gasteiger partial charge in [0.25, 0.3) is 20.2 Å². The van der Waals surface area contributed by atoms with Crippen LogP contribution in [0.5, 0.6) is 0 Å². The van der Waals surface area contributed by atoms with Crippen molar-refractivity contribution in [2.24, 2.45) is 0 Å². The highest BCUT2D eigenvalue weighted by Gasteiger charge is 2.58. The first kappa shape index (κ1) is 50.8. The molecule has 2 heterocycles. The van der Waals surface area contributed by atoms with Gasteiger partial charge in [-0.05, 0) is 77.0 Å². The van der Waals surface area contributed by atoms with Crippen molar-refractivity contribution in [2.75, 3.05) is 25.7 Å². The summed E-state index contributed by atoms with van der Waals surface area (Å²) in [7, 11) is -7.43. The number of unbranched alkanes of at least 4 members (excludes halogenated alkanes) is 18. The van der Waals surface area contributed by atoms with Crippen molar-refractivity contribution in [1.82, 2.24) is 0 Å². The van der Waals surface area contributed by atoms with Gasteiger partial charge in [-0.15, -0.1) is 0 Å². The summed E-state index contributed by atoms with van der Waals surface area (Å²) < 4.78 is 77.0. The van der Waals surface area contributed by atoms with Crippen LogP contribution in [0.25, 0.3) is 0 Å². The Balaban J connectivity index is 1.83. The van der Waals surface area contributed by atoms with Crippen molar-refractivity contribution in [2.45, 2.75) is 211 Å². The molecule has 0 saturated carbocycles. The Morgan fingerprint density at radius 3 is 1.12 bits per heavy atom. The highest BCUT2D eigenvalue weighted by Crippen LogP contribution is 2.44. The van der Waals surface area contributed by atoms with Crippen molar-refractivity contribution in [3.8, 4) is 0 Å². The van der Waals surface area contributed by atoms with E-state index in [1.54, 1.807) is 0 Å². The highest BCUT2D eigenvalue weighted by molar-refractivity contribution is 7.86. The lowest BCUT2D eigenvalue weighted by Crippen LogP contribution is -2.37. The largest absolute Gasteiger partial charge is 0.364 e. The van der Waals surface area contributed by atoms with Gasteiger partial charge >= 0.3 is 0 Å². The van der Waals surface area contributed by atoms with Gasteiger partial charge in [0.1, 0.15) is 24.4 Å². The van der Waals surface area contributed by atoms with Gasteiger partial charge in [0.2, 0.25) is 0 Å². The van der Waals surface area contributed by atoms with Crippen LogP contribution in [0.3, 0.4) is 0 Å². The fourth-order valence-corrected chi connectivity index (χ4v) is 8.15. The lowest BCUT2D eigenvalue weighted by Gasteiger charge is -2.31. The predicted molar refractivity (Wildman–Crippen MR) is 231 cm³/mol. The summed E-state index contributed by atoms with van der Waals surface area (Å²) in [5.41, 5.74) is 0. The minimum Gasteiger partial charge on any atom is -0.364 e. The molecule has 0 radical (unpaired) electrons. The molecule has 9 nitrogen and oxygen atoms in total. The zero-order valence-electron chi connectivity index (χ0n) is 35.7. The topological polar surface area (TPSA) is 114 Å². The molecule has 0 aromatic rings. The highest BCUT2D eigenvalue weighted by atomic mass is 32.2. The fourth-order valence-electron chi connectivity index (χ4n) is 7.39. The Kier molecular flexibility index (Phi) is 27.8. The van der Waals surface area contributed by atoms with Gasteiger partial charge in [-0.3, -0.25) is 8.37 Å². The summed E-state index contributed by atoms with van der Waals surface area (Å²) >= 11 is 0. The molecule has 11 heteroatoms. The Hall–Kier alpha value is -1.34. The second kappa shape index (κ2) is 30.7. The number of fused-ring (bicyclic) bond motifs is 1. The molecule has 0 N–H and O–H groups in total. The molecule has 0 aromatic heterocycles. The third-order valence-electron chi connectivity index (χ3n) is 10.5. The van der Waals surface area contributed by atoms with Gasteiger partial charge in [0.05, 0.1) is 25.7 Å². The van der Waals surface area contributed by atoms with Gasteiger partial charge in [-0.2, -0.15) is 16.8 Å². The summed E-state index contributed by atoms with van der Waals surface area (Å²) in [6.07, 6.45) is 47.2. The second-order valence-corrected chi connectivity index (χ2v) is 19.2. The van der Waals surface area contributed by atoms with Crippen LogP contribution in [0.2, 0.25) is 0 Å². The minimum atomic E-state index is -3.72. The van der Waals surface area contributed by atoms with Crippen LogP contribution in [0.4, 0.5) is 0 Å². The summed E-state index contributed by atoms with van der Waals surface area (Å²) in [5.74, 6) is -0.837. The maximum absolute atomic E-state index is 11.8. The van der Waals surface area contributed by atoms with E-state index in [1.165, 1.54) is 89.9 Å². The molecule has 0 aromatic carbocycles. The average Bonchev–Trinajstić information content (AvgIpc) is 3.67. The summed E-state index contributed by atoms with van der Waals surface area (Å²) in [4.78, 5) is 0. The first-order valence-electron chi connectivity index (χ1n) is 22.3. The number of allylic oxidation sites excluding steroid dienone is 8. The third kappa shape index (κ3) is 25.2. The standard InChI is InChI=1S/C45H80O9S2/c1-5-7-9-11-13-15-17-19-21-23-25-27-29-31-33-35-37-45(38-36-34-32-30-28-26-24-22-20-18-16-14-12-10-8-6-2)53-43-41(39-50-55(3,46)47)52-42(44(43)54-45)40-51-56(4,48)49/h13-16,19-22,41-44H,5-12,17-18,23-40H2,1-4H3/b15-13-,16-14-,21-19-,22-20-/t41-,42+,43-,44-/m1/s1. The zero-order chi connectivity index (χ0) is 40.8. The van der Waals surface area contributed by atoms with Crippen molar-refractivity contribution in [3.63, 3.8) is 0 Å². The van der Waals surface area contributed by atoms with Gasteiger partial charge in [-0.1, -0.05) is 140 Å². The Morgan fingerprint density at radius 2 is 0.786 bits per heavy atom. The summed E-state index contributed by atoms with van der Waals surface area (Å²) in [5, 5.41) is 0. The van der Waals surface area contributed by atoms with Gasteiger partial charge in [-0.25, -0.2) is 0 Å². The van der Waals surface area contributed by atoms with E-state index in [4.69, 9.17) is 22.6 Å². The zero-order valence-corrected chi connectivity index (χ0v) is 37.4. The first-order chi connectivity index (χ1) is 27.0. The van der Waals surface area contributed by atoms with Crippen molar-refractivity contribution >= 4 is 20.2 Å². The molecule has 0 amide bonds.